The molecule has 0 saturated carbocycles. The number of rotatable bonds is 2. The molecule has 0 N–H and O–H groups in total. The minimum Gasteiger partial charge on any atom is -0.312 e. The molecule has 3 amide bonds. The first-order valence-corrected chi connectivity index (χ1v) is 7.97. The molecule has 0 bridgehead atoms. The van der Waals surface area contributed by atoms with Crippen LogP contribution in [0.4, 0.5) is 11.4 Å². The van der Waals surface area contributed by atoms with E-state index in [2.05, 4.69) is 0 Å². The molecule has 2 aromatic rings. The Hall–Kier alpha value is -2.95. The van der Waals surface area contributed by atoms with Crippen LogP contribution in [-0.2, 0) is 4.79 Å². The molecule has 120 valence electrons. The summed E-state index contributed by atoms with van der Waals surface area (Å²) in [4.78, 5) is 40.0. The maximum atomic E-state index is 12.6. The van der Waals surface area contributed by atoms with Crippen molar-refractivity contribution in [3.05, 3.63) is 59.2 Å². The van der Waals surface area contributed by atoms with Gasteiger partial charge in [-0.25, -0.2) is 4.90 Å². The first-order valence-electron chi connectivity index (χ1n) is 7.97. The Kier molecular flexibility index (Phi) is 3.23. The SMILES string of the molecule is Cc1cc(N2C(=O)c3ccccc3C2=O)ccc1N1CCCC1=O. The topological polar surface area (TPSA) is 57.7 Å². The molecule has 2 heterocycles. The van der Waals surface area contributed by atoms with E-state index in [1.165, 1.54) is 4.90 Å². The molecular formula is C19H16N2O3. The van der Waals surface area contributed by atoms with Crippen molar-refractivity contribution in [3.63, 3.8) is 0 Å². The number of benzene rings is 2. The number of amides is 3. The van der Waals surface area contributed by atoms with Crippen molar-refractivity contribution in [3.8, 4) is 0 Å². The fourth-order valence-electron chi connectivity index (χ4n) is 3.41. The second-order valence-corrected chi connectivity index (χ2v) is 6.11. The number of nitrogens with zero attached hydrogens (tertiary/aromatic N) is 2. The standard InChI is InChI=1S/C19H16N2O3/c1-12-11-13(8-9-16(12)20-10-4-7-17(20)22)21-18(23)14-5-2-3-6-15(14)19(21)24/h2-3,5-6,8-9,11H,4,7,10H2,1H3. The summed E-state index contributed by atoms with van der Waals surface area (Å²) in [7, 11) is 0. The van der Waals surface area contributed by atoms with Crippen LogP contribution in [0.3, 0.4) is 0 Å². The summed E-state index contributed by atoms with van der Waals surface area (Å²) in [5, 5.41) is 0. The summed E-state index contributed by atoms with van der Waals surface area (Å²) >= 11 is 0. The van der Waals surface area contributed by atoms with Gasteiger partial charge in [0.25, 0.3) is 11.8 Å². The monoisotopic (exact) mass is 320 g/mol. The molecule has 5 heteroatoms. The third-order valence-electron chi connectivity index (χ3n) is 4.60. The summed E-state index contributed by atoms with van der Waals surface area (Å²) in [6.07, 6.45) is 1.43. The minimum atomic E-state index is -0.306. The largest absolute Gasteiger partial charge is 0.312 e. The molecule has 2 aliphatic heterocycles. The van der Waals surface area contributed by atoms with Crippen molar-refractivity contribution in [1.29, 1.82) is 0 Å². The number of hydrogen-bond acceptors (Lipinski definition) is 3. The van der Waals surface area contributed by atoms with E-state index in [0.29, 0.717) is 29.8 Å². The van der Waals surface area contributed by atoms with Gasteiger partial charge in [-0.05, 0) is 49.2 Å². The number of carbonyl (C=O) groups excluding carboxylic acids is 3. The maximum Gasteiger partial charge on any atom is 0.266 e. The molecule has 0 atom stereocenters. The third kappa shape index (κ3) is 2.05. The molecule has 0 unspecified atom stereocenters. The van der Waals surface area contributed by atoms with Gasteiger partial charge in [-0.3, -0.25) is 14.4 Å². The molecule has 0 radical (unpaired) electrons. The van der Waals surface area contributed by atoms with Crippen LogP contribution >= 0.6 is 0 Å². The van der Waals surface area contributed by atoms with Gasteiger partial charge >= 0.3 is 0 Å². The van der Waals surface area contributed by atoms with E-state index in [-0.39, 0.29) is 17.7 Å². The molecular weight excluding hydrogens is 304 g/mol. The molecule has 0 aromatic heterocycles. The van der Waals surface area contributed by atoms with E-state index >= 15 is 0 Å². The average molecular weight is 320 g/mol. The Morgan fingerprint density at radius 3 is 2.12 bits per heavy atom. The Morgan fingerprint density at radius 1 is 0.917 bits per heavy atom. The lowest BCUT2D eigenvalue weighted by atomic mass is 10.1. The molecule has 1 saturated heterocycles. The molecule has 0 spiro atoms. The Bertz CT molecular complexity index is 853. The van der Waals surface area contributed by atoms with Gasteiger partial charge in [0, 0.05) is 18.7 Å². The Labute approximate surface area is 139 Å². The number of anilines is 2. The second kappa shape index (κ2) is 5.30. The van der Waals surface area contributed by atoms with Crippen LogP contribution in [0.2, 0.25) is 0 Å². The van der Waals surface area contributed by atoms with Gasteiger partial charge in [0.15, 0.2) is 0 Å². The van der Waals surface area contributed by atoms with Gasteiger partial charge in [0.1, 0.15) is 0 Å². The highest BCUT2D eigenvalue weighted by molar-refractivity contribution is 6.34. The highest BCUT2D eigenvalue weighted by atomic mass is 16.2. The van der Waals surface area contributed by atoms with Gasteiger partial charge in [0.05, 0.1) is 16.8 Å². The minimum absolute atomic E-state index is 0.117. The zero-order chi connectivity index (χ0) is 16.8. The number of imide groups is 1. The van der Waals surface area contributed by atoms with Crippen LogP contribution in [-0.4, -0.2) is 24.3 Å². The lowest BCUT2D eigenvalue weighted by Gasteiger charge is -2.21. The maximum absolute atomic E-state index is 12.6. The smallest absolute Gasteiger partial charge is 0.266 e. The number of fused-ring (bicyclic) bond motifs is 1. The predicted molar refractivity (Wildman–Crippen MR) is 90.3 cm³/mol. The van der Waals surface area contributed by atoms with E-state index in [4.69, 9.17) is 0 Å². The van der Waals surface area contributed by atoms with E-state index in [9.17, 15) is 14.4 Å². The Balaban J connectivity index is 1.71. The van der Waals surface area contributed by atoms with Crippen LogP contribution in [0.5, 0.6) is 0 Å². The average Bonchev–Trinajstić information content (AvgIpc) is 3.10. The summed E-state index contributed by atoms with van der Waals surface area (Å²) in [5.74, 6) is -0.494. The van der Waals surface area contributed by atoms with E-state index in [1.54, 1.807) is 41.3 Å². The van der Waals surface area contributed by atoms with Crippen molar-refractivity contribution in [1.82, 2.24) is 0 Å². The number of carbonyl (C=O) groups is 3. The number of hydrogen-bond donors (Lipinski definition) is 0. The third-order valence-corrected chi connectivity index (χ3v) is 4.60. The van der Waals surface area contributed by atoms with Crippen LogP contribution < -0.4 is 9.80 Å². The molecule has 1 fully saturated rings. The molecule has 0 aliphatic carbocycles. The highest BCUT2D eigenvalue weighted by Crippen LogP contribution is 2.32. The predicted octanol–water partition coefficient (Wildman–Crippen LogP) is 2.92. The lowest BCUT2D eigenvalue weighted by molar-refractivity contribution is -0.117. The van der Waals surface area contributed by atoms with Crippen molar-refractivity contribution >= 4 is 29.1 Å². The van der Waals surface area contributed by atoms with Crippen LogP contribution in [0.15, 0.2) is 42.5 Å². The summed E-state index contributed by atoms with van der Waals surface area (Å²) < 4.78 is 0. The summed E-state index contributed by atoms with van der Waals surface area (Å²) in [6.45, 7) is 2.61. The second-order valence-electron chi connectivity index (χ2n) is 6.11. The number of aryl methyl sites for hydroxylation is 1. The Morgan fingerprint density at radius 2 is 1.58 bits per heavy atom. The van der Waals surface area contributed by atoms with Gasteiger partial charge in [-0.15, -0.1) is 0 Å². The van der Waals surface area contributed by atoms with Crippen LogP contribution in [0.1, 0.15) is 39.1 Å². The fraction of sp³-hybridized carbons (Fsp3) is 0.211. The quantitative estimate of drug-likeness (QED) is 0.800. The summed E-state index contributed by atoms with van der Waals surface area (Å²) in [6, 6.07) is 12.2. The zero-order valence-electron chi connectivity index (χ0n) is 13.3. The van der Waals surface area contributed by atoms with Crippen molar-refractivity contribution in [2.75, 3.05) is 16.3 Å². The molecule has 2 aromatic carbocycles. The first-order chi connectivity index (χ1) is 11.6. The molecule has 24 heavy (non-hydrogen) atoms. The summed E-state index contributed by atoms with van der Waals surface area (Å²) in [5.41, 5.74) is 3.11. The zero-order valence-corrected chi connectivity index (χ0v) is 13.3. The fourth-order valence-corrected chi connectivity index (χ4v) is 3.41. The molecule has 5 nitrogen and oxygen atoms in total. The van der Waals surface area contributed by atoms with Crippen LogP contribution in [0.25, 0.3) is 0 Å². The van der Waals surface area contributed by atoms with Gasteiger partial charge in [-0.2, -0.15) is 0 Å². The van der Waals surface area contributed by atoms with E-state index in [0.717, 1.165) is 17.7 Å². The van der Waals surface area contributed by atoms with Gasteiger partial charge in [-0.1, -0.05) is 12.1 Å². The molecule has 2 aliphatic rings. The first kappa shape index (κ1) is 14.6. The van der Waals surface area contributed by atoms with Crippen LogP contribution in [0, 0.1) is 6.92 Å². The van der Waals surface area contributed by atoms with Crippen molar-refractivity contribution in [2.24, 2.45) is 0 Å². The molecule has 4 rings (SSSR count). The normalized spacial score (nSPS) is 17.0. The highest BCUT2D eigenvalue weighted by Gasteiger charge is 2.36. The van der Waals surface area contributed by atoms with E-state index < -0.39 is 0 Å². The van der Waals surface area contributed by atoms with Gasteiger partial charge < -0.3 is 4.90 Å². The van der Waals surface area contributed by atoms with Crippen molar-refractivity contribution in [2.45, 2.75) is 19.8 Å². The van der Waals surface area contributed by atoms with E-state index in [1.807, 2.05) is 13.0 Å². The van der Waals surface area contributed by atoms with Gasteiger partial charge in [0.2, 0.25) is 5.91 Å². The lowest BCUT2D eigenvalue weighted by Crippen LogP contribution is -2.30. The van der Waals surface area contributed by atoms with Crippen molar-refractivity contribution < 1.29 is 14.4 Å².